The van der Waals surface area contributed by atoms with Crippen LogP contribution in [0.5, 0.6) is 0 Å². The molecule has 0 rings (SSSR count). The van der Waals surface area contributed by atoms with Crippen LogP contribution in [0.1, 0.15) is 29.1 Å². The molecule has 1 amide bonds. The molecule has 0 aliphatic heterocycles. The first-order valence-corrected chi connectivity index (χ1v) is 6.01. The summed E-state index contributed by atoms with van der Waals surface area (Å²) in [5, 5.41) is 2.65. The van der Waals surface area contributed by atoms with E-state index in [1.54, 1.807) is 13.8 Å². The van der Waals surface area contributed by atoms with E-state index >= 15 is 0 Å². The monoisotopic (exact) mass is 243 g/mol. The smallest absolute Gasteiger partial charge is 0.244 e. The van der Waals surface area contributed by atoms with Gasteiger partial charge in [0.1, 0.15) is 0 Å². The number of ether oxygens (including phenoxy) is 1. The Morgan fingerprint density at radius 2 is 1.88 bits per heavy atom. The molecule has 0 saturated carbocycles. The number of amides is 1. The number of ketones is 1. The molecule has 0 heterocycles. The molecule has 4 nitrogen and oxygen atoms in total. The van der Waals surface area contributed by atoms with Crippen LogP contribution in [-0.4, -0.2) is 31.4 Å². The van der Waals surface area contributed by atoms with Gasteiger partial charge in [0.15, 0.2) is 5.78 Å². The summed E-state index contributed by atoms with van der Waals surface area (Å²) in [5.74, 6) is 0.117. The van der Waals surface area contributed by atoms with Crippen LogP contribution >= 0.6 is 0 Å². The van der Waals surface area contributed by atoms with Crippen LogP contribution in [0.25, 0.3) is 0 Å². The van der Waals surface area contributed by atoms with Gasteiger partial charge in [0.05, 0.1) is 6.61 Å². The van der Waals surface area contributed by atoms with E-state index in [9.17, 15) is 9.59 Å². The van der Waals surface area contributed by atoms with Crippen molar-refractivity contribution in [1.82, 2.24) is 5.32 Å². The Hall–Kier alpha value is -1.16. The van der Waals surface area contributed by atoms with Crippen LogP contribution in [0, 0.1) is 11.8 Å². The van der Waals surface area contributed by atoms with Gasteiger partial charge in [-0.2, -0.15) is 0 Å². The molecule has 0 spiro atoms. The molecule has 1 N–H and O–H groups in total. The van der Waals surface area contributed by atoms with E-state index in [4.69, 9.17) is 4.74 Å². The van der Waals surface area contributed by atoms with Crippen molar-refractivity contribution in [2.45, 2.75) is 27.7 Å². The molecule has 0 unspecified atom stereocenters. The topological polar surface area (TPSA) is 55.4 Å². The first-order chi connectivity index (χ1) is 7.93. The molecule has 0 aromatic rings. The van der Waals surface area contributed by atoms with Gasteiger partial charge in [-0.25, -0.2) is 0 Å². The molecule has 100 valence electrons. The normalized spacial score (nSPS) is 11.4. The summed E-state index contributed by atoms with van der Waals surface area (Å²) in [7, 11) is 0. The molecule has 0 fully saturated rings. The molecule has 0 aliphatic carbocycles. The molecule has 4 heteroatoms. The van der Waals surface area contributed by atoms with Gasteiger partial charge in [0, 0.05) is 26.6 Å². The zero-order chi connectivity index (χ0) is 13.3. The molecule has 0 aromatic heterocycles. The average molecular weight is 243 g/mol. The number of hydrogen-bond acceptors (Lipinski definition) is 3. The maximum atomic E-state index is 11.3. The molecule has 0 aromatic carbocycles. The fourth-order valence-electron chi connectivity index (χ4n) is 0.975. The van der Waals surface area contributed by atoms with E-state index in [1.807, 2.05) is 0 Å². The highest BCUT2D eigenvalue weighted by atomic mass is 16.5. The lowest BCUT2D eigenvalue weighted by Crippen LogP contribution is -2.26. The number of allylic oxidation sites excluding steroid dienone is 1. The van der Waals surface area contributed by atoms with E-state index in [0.29, 0.717) is 25.7 Å². The molecule has 0 saturated heterocycles. The predicted octanol–water partition coefficient (Wildman–Crippen LogP) is 1.80. The highest BCUT2D eigenvalue weighted by molar-refractivity contribution is 5.98. The highest BCUT2D eigenvalue weighted by Gasteiger charge is 2.03. The second-order valence-electron chi connectivity index (χ2n) is 4.65. The standard InChI is InChI=1S/C13H23NO3.H2/c1-10(2)9-17-8-7-14-13(16)6-5-12(15)11(3)4;/h5-6,10-11H,7-9H2,1-4H3,(H,14,16);1H/b6-5-;. The maximum absolute atomic E-state index is 11.3. The van der Waals surface area contributed by atoms with E-state index in [-0.39, 0.29) is 19.0 Å². The summed E-state index contributed by atoms with van der Waals surface area (Å²) < 4.78 is 5.30. The third-order valence-electron chi connectivity index (χ3n) is 1.96. The van der Waals surface area contributed by atoms with Gasteiger partial charge in [-0.1, -0.05) is 27.7 Å². The number of rotatable bonds is 8. The third-order valence-corrected chi connectivity index (χ3v) is 1.96. The lowest BCUT2D eigenvalue weighted by molar-refractivity contribution is -0.119. The van der Waals surface area contributed by atoms with Gasteiger partial charge in [0.2, 0.25) is 5.91 Å². The van der Waals surface area contributed by atoms with E-state index in [0.717, 1.165) is 0 Å². The Bertz CT molecular complexity index is 275. The second-order valence-corrected chi connectivity index (χ2v) is 4.65. The van der Waals surface area contributed by atoms with E-state index in [1.165, 1.54) is 12.2 Å². The first-order valence-electron chi connectivity index (χ1n) is 6.01. The maximum Gasteiger partial charge on any atom is 0.244 e. The molecular weight excluding hydrogens is 218 g/mol. The number of carbonyl (C=O) groups is 2. The number of hydrogen-bond donors (Lipinski definition) is 1. The second kappa shape index (κ2) is 8.93. The quantitative estimate of drug-likeness (QED) is 0.522. The van der Waals surface area contributed by atoms with Crippen molar-refractivity contribution in [3.8, 4) is 0 Å². The van der Waals surface area contributed by atoms with Crippen LogP contribution in [0.2, 0.25) is 0 Å². The largest absolute Gasteiger partial charge is 0.379 e. The van der Waals surface area contributed by atoms with Crippen molar-refractivity contribution >= 4 is 11.7 Å². The first kappa shape index (κ1) is 15.8. The van der Waals surface area contributed by atoms with Crippen LogP contribution < -0.4 is 5.32 Å². The summed E-state index contributed by atoms with van der Waals surface area (Å²) in [4.78, 5) is 22.5. The zero-order valence-electron chi connectivity index (χ0n) is 11.2. The fraction of sp³-hybridized carbons (Fsp3) is 0.692. The Morgan fingerprint density at radius 3 is 2.41 bits per heavy atom. The Labute approximate surface area is 105 Å². The van der Waals surface area contributed by atoms with Crippen LogP contribution in [-0.2, 0) is 14.3 Å². The van der Waals surface area contributed by atoms with Gasteiger partial charge >= 0.3 is 0 Å². The minimum atomic E-state index is -0.257. The van der Waals surface area contributed by atoms with Crippen LogP contribution in [0.15, 0.2) is 12.2 Å². The van der Waals surface area contributed by atoms with Gasteiger partial charge in [0.25, 0.3) is 0 Å². The Kier molecular flexibility index (Phi) is 8.32. The molecular formula is C13H25NO3. The molecule has 0 atom stereocenters. The summed E-state index contributed by atoms with van der Waals surface area (Å²) >= 11 is 0. The van der Waals surface area contributed by atoms with Crippen molar-refractivity contribution in [3.63, 3.8) is 0 Å². The van der Waals surface area contributed by atoms with Gasteiger partial charge in [-0.15, -0.1) is 0 Å². The highest BCUT2D eigenvalue weighted by Crippen LogP contribution is 1.95. The lowest BCUT2D eigenvalue weighted by atomic mass is 10.1. The van der Waals surface area contributed by atoms with Crippen LogP contribution in [0.3, 0.4) is 0 Å². The molecule has 0 aliphatic rings. The van der Waals surface area contributed by atoms with Gasteiger partial charge < -0.3 is 10.1 Å². The Balaban J connectivity index is 0. The van der Waals surface area contributed by atoms with Crippen molar-refractivity contribution in [2.24, 2.45) is 11.8 Å². The predicted molar refractivity (Wildman–Crippen MR) is 69.8 cm³/mol. The number of nitrogens with one attached hydrogen (secondary N) is 1. The van der Waals surface area contributed by atoms with Crippen molar-refractivity contribution in [1.29, 1.82) is 0 Å². The number of carbonyl (C=O) groups excluding carboxylic acids is 2. The van der Waals surface area contributed by atoms with E-state index in [2.05, 4.69) is 19.2 Å². The molecule has 0 radical (unpaired) electrons. The zero-order valence-corrected chi connectivity index (χ0v) is 11.2. The summed E-state index contributed by atoms with van der Waals surface area (Å²) in [5.41, 5.74) is 0. The van der Waals surface area contributed by atoms with Crippen LogP contribution in [0.4, 0.5) is 0 Å². The summed E-state index contributed by atoms with van der Waals surface area (Å²) in [6, 6.07) is 0. The molecule has 0 bridgehead atoms. The SMILES string of the molecule is CC(C)COCCNC(=O)/C=C\C(=O)C(C)C.[HH]. The van der Waals surface area contributed by atoms with Gasteiger partial charge in [-0.05, 0) is 12.0 Å². The van der Waals surface area contributed by atoms with Crippen molar-refractivity contribution in [3.05, 3.63) is 12.2 Å². The fourth-order valence-corrected chi connectivity index (χ4v) is 0.975. The minimum Gasteiger partial charge on any atom is -0.379 e. The van der Waals surface area contributed by atoms with E-state index < -0.39 is 0 Å². The summed E-state index contributed by atoms with van der Waals surface area (Å²) in [6.45, 7) is 9.38. The van der Waals surface area contributed by atoms with Crippen molar-refractivity contribution < 1.29 is 15.8 Å². The summed E-state index contributed by atoms with van der Waals surface area (Å²) in [6.07, 6.45) is 2.58. The van der Waals surface area contributed by atoms with Crippen molar-refractivity contribution in [2.75, 3.05) is 19.8 Å². The van der Waals surface area contributed by atoms with Gasteiger partial charge in [-0.3, -0.25) is 9.59 Å². The Morgan fingerprint density at radius 1 is 1.24 bits per heavy atom. The lowest BCUT2D eigenvalue weighted by Gasteiger charge is -2.06. The minimum absolute atomic E-state index is 0. The third kappa shape index (κ3) is 9.75. The molecule has 17 heavy (non-hydrogen) atoms. The average Bonchev–Trinajstić information content (AvgIpc) is 2.24.